The Bertz CT molecular complexity index is 2470. The zero-order valence-corrected chi connectivity index (χ0v) is 55.1. The number of ether oxygens (including phenoxy) is 7. The highest BCUT2D eigenvalue weighted by Crippen LogP contribution is 2.70. The molecule has 26 atom stereocenters. The second kappa shape index (κ2) is 26.7. The van der Waals surface area contributed by atoms with Crippen molar-refractivity contribution < 1.29 is 82.3 Å². The smallest absolute Gasteiger partial charge is 0.311 e. The number of hydrogen-bond donors (Lipinski definition) is 6. The number of nitrogens with one attached hydrogen (secondary N) is 1. The zero-order valence-electron chi connectivity index (χ0n) is 55.1. The van der Waals surface area contributed by atoms with Crippen molar-refractivity contribution in [2.75, 3.05) is 41.4 Å². The van der Waals surface area contributed by atoms with E-state index in [0.717, 1.165) is 5.57 Å². The molecule has 2 amide bonds. The fraction of sp³-hybridized carbons (Fsp3) is 0.879. The summed E-state index contributed by atoms with van der Waals surface area (Å²) in [5, 5.41) is 63.7. The molecule has 6 N–H and O–H groups in total. The van der Waals surface area contributed by atoms with Crippen LogP contribution < -0.4 is 5.32 Å². The second-order valence-electron chi connectivity index (χ2n) is 28.7. The summed E-state index contributed by atoms with van der Waals surface area (Å²) in [6.45, 7) is 26.2. The van der Waals surface area contributed by atoms with Gasteiger partial charge in [-0.05, 0) is 156 Å². The first-order chi connectivity index (χ1) is 40.0. The summed E-state index contributed by atoms with van der Waals surface area (Å²) < 4.78 is 63.8. The van der Waals surface area contributed by atoms with E-state index in [2.05, 4.69) is 12.2 Å². The maximum absolute atomic E-state index is 17.8. The summed E-state index contributed by atoms with van der Waals surface area (Å²) in [6.07, 6.45) is -1.62. The Labute approximate surface area is 512 Å². The number of methoxy groups -OCH3 is 2. The minimum absolute atomic E-state index is 0.00555. The van der Waals surface area contributed by atoms with E-state index in [0.29, 0.717) is 58.0 Å². The number of rotatable bonds is 16. The lowest BCUT2D eigenvalue weighted by atomic mass is 9.45. The van der Waals surface area contributed by atoms with Crippen LogP contribution in [0.4, 0.5) is 4.39 Å². The van der Waals surface area contributed by atoms with Crippen LogP contribution in [0.3, 0.4) is 0 Å². The largest absolute Gasteiger partial charge is 0.459 e. The molecule has 4 aliphatic carbocycles. The Balaban J connectivity index is 1.08. The summed E-state index contributed by atoms with van der Waals surface area (Å²) >= 11 is 0. The number of fused-ring (bicyclic) bond motifs is 5. The first-order valence-corrected chi connectivity index (χ1v) is 32.3. The molecule has 0 aromatic carbocycles. The van der Waals surface area contributed by atoms with Crippen LogP contribution >= 0.6 is 0 Å². The fourth-order valence-electron chi connectivity index (χ4n) is 17.5. The van der Waals surface area contributed by atoms with Crippen LogP contribution in [0, 0.1) is 52.3 Å². The Morgan fingerprint density at radius 3 is 2.19 bits per heavy atom. The Kier molecular flexibility index (Phi) is 21.9. The normalized spacial score (nSPS) is 47.9. The van der Waals surface area contributed by atoms with Crippen LogP contribution in [0.25, 0.3) is 0 Å². The number of likely N-dealkylation sites (N-methyl/N-ethyl adjacent to an activating group) is 2. The van der Waals surface area contributed by atoms with Gasteiger partial charge in [-0.25, -0.2) is 4.39 Å². The van der Waals surface area contributed by atoms with Crippen LogP contribution in [0.5, 0.6) is 0 Å². The topological polar surface area (TPSA) is 253 Å². The molecule has 0 spiro atoms. The molecule has 20 heteroatoms. The van der Waals surface area contributed by atoms with E-state index < -0.39 is 136 Å². The lowest BCUT2D eigenvalue weighted by molar-refractivity contribution is -0.339. The molecule has 0 aromatic heterocycles. The van der Waals surface area contributed by atoms with Crippen molar-refractivity contribution in [3.8, 4) is 0 Å². The van der Waals surface area contributed by atoms with Crippen molar-refractivity contribution in [3.63, 3.8) is 0 Å². The highest BCUT2D eigenvalue weighted by Gasteiger charge is 2.72. The van der Waals surface area contributed by atoms with Crippen molar-refractivity contribution in [3.05, 3.63) is 23.8 Å². The van der Waals surface area contributed by atoms with Crippen molar-refractivity contribution in [2.24, 2.45) is 52.3 Å². The number of cyclic esters (lactones) is 1. The molecular weight excluding hydrogens is 1110 g/mol. The van der Waals surface area contributed by atoms with Gasteiger partial charge in [-0.3, -0.25) is 19.2 Å². The number of nitrogens with zero attached hydrogens (tertiary/aromatic N) is 2. The first kappa shape index (κ1) is 70.5. The summed E-state index contributed by atoms with van der Waals surface area (Å²) in [4.78, 5) is 59.3. The molecule has 7 aliphatic rings. The van der Waals surface area contributed by atoms with Gasteiger partial charge >= 0.3 is 5.97 Å². The summed E-state index contributed by atoms with van der Waals surface area (Å²) in [7, 11) is 6.52. The highest BCUT2D eigenvalue weighted by molar-refractivity contribution is 6.01. The van der Waals surface area contributed by atoms with E-state index in [1.54, 1.807) is 61.6 Å². The molecule has 3 saturated carbocycles. The number of aliphatic hydroxyl groups is 5. The fourth-order valence-corrected chi connectivity index (χ4v) is 17.5. The van der Waals surface area contributed by atoms with Gasteiger partial charge in [0, 0.05) is 69.4 Å². The van der Waals surface area contributed by atoms with Gasteiger partial charge in [0.1, 0.15) is 35.1 Å². The average molecular weight is 1220 g/mol. The minimum Gasteiger partial charge on any atom is -0.459 e. The van der Waals surface area contributed by atoms with Crippen LogP contribution in [-0.4, -0.2) is 202 Å². The van der Waals surface area contributed by atoms with E-state index in [9.17, 15) is 44.7 Å². The van der Waals surface area contributed by atoms with E-state index in [4.69, 9.17) is 33.2 Å². The van der Waals surface area contributed by atoms with E-state index in [1.807, 2.05) is 46.6 Å². The zero-order chi connectivity index (χ0) is 64.2. The molecule has 3 saturated heterocycles. The van der Waals surface area contributed by atoms with Gasteiger partial charge < -0.3 is 73.8 Å². The third kappa shape index (κ3) is 12.6. The Hall–Kier alpha value is -2.99. The molecule has 4 unspecified atom stereocenters. The molecule has 19 nitrogen and oxygen atoms in total. The van der Waals surface area contributed by atoms with Gasteiger partial charge in [0.05, 0.1) is 48.1 Å². The van der Waals surface area contributed by atoms with Gasteiger partial charge in [-0.1, -0.05) is 66.0 Å². The maximum atomic E-state index is 17.8. The molecule has 86 heavy (non-hydrogen) atoms. The number of unbranched alkanes of at least 4 members (excludes halogenated alkanes) is 2. The second-order valence-corrected chi connectivity index (χ2v) is 28.7. The Morgan fingerprint density at radius 1 is 0.884 bits per heavy atom. The number of allylic oxidation sites excluding steroid dienone is 4. The van der Waals surface area contributed by atoms with Crippen molar-refractivity contribution in [1.82, 2.24) is 15.1 Å². The summed E-state index contributed by atoms with van der Waals surface area (Å²) in [6, 6.07) is -1.25. The number of alkyl halides is 1. The molecule has 0 aromatic rings. The molecule has 0 bridgehead atoms. The van der Waals surface area contributed by atoms with Crippen LogP contribution in [0.2, 0.25) is 0 Å². The lowest BCUT2D eigenvalue weighted by Gasteiger charge is -2.61. The Morgan fingerprint density at radius 2 is 1.56 bits per heavy atom. The third-order valence-corrected chi connectivity index (χ3v) is 23.4. The molecule has 3 heterocycles. The first-order valence-electron chi connectivity index (χ1n) is 32.3. The van der Waals surface area contributed by atoms with Gasteiger partial charge in [0.25, 0.3) is 0 Å². The SMILES string of the molecule is CC[C@H]1OC(=O)[C@H](C)[C@@H](OC2C[C@@](C)(OC)[C@](O)(CCCCCNC(=O)[C@H]3[C@H](C)CC4C5CCC6=CC(=O)C=C[C@]6(C)[C@@]5(F)[C@@H](O)C[C@@]43C)[C@H](C)O2)[C@@H](C)[C@@H](OC2O[C@H](C)C[C@H](N(C)CC)[C@H]2O)[C@](C)(OC)C[C@@H](C)C(=O)N(C)[C@H](C)[C@@H](O)[C@]1(C)O. The number of amides is 2. The number of aliphatic hydroxyl groups excluding tert-OH is 3. The number of esters is 1. The van der Waals surface area contributed by atoms with Gasteiger partial charge in [-0.2, -0.15) is 0 Å². The van der Waals surface area contributed by atoms with Crippen LogP contribution in [-0.2, 0) is 52.3 Å². The number of carbonyl (C=O) groups excluding carboxylic acids is 4. The van der Waals surface area contributed by atoms with E-state index in [1.165, 1.54) is 38.2 Å². The average Bonchev–Trinajstić information content (AvgIpc) is 1.26. The lowest BCUT2D eigenvalue weighted by Crippen LogP contribution is -2.67. The van der Waals surface area contributed by atoms with Gasteiger partial charge in [0.15, 0.2) is 24.0 Å². The van der Waals surface area contributed by atoms with Crippen molar-refractivity contribution in [1.29, 1.82) is 0 Å². The van der Waals surface area contributed by atoms with Crippen molar-refractivity contribution >= 4 is 23.6 Å². The predicted octanol–water partition coefficient (Wildman–Crippen LogP) is 6.75. The van der Waals surface area contributed by atoms with Gasteiger partial charge in [-0.15, -0.1) is 0 Å². The molecule has 0 radical (unpaired) electrons. The molecule has 7 rings (SSSR count). The number of hydrogen-bond acceptors (Lipinski definition) is 17. The monoisotopic (exact) mass is 1220 g/mol. The molecule has 3 aliphatic heterocycles. The molecule has 492 valence electrons. The number of halogens is 1. The van der Waals surface area contributed by atoms with E-state index >= 15 is 4.39 Å². The quantitative estimate of drug-likeness (QED) is 0.0690. The number of carbonyl (C=O) groups is 4. The predicted molar refractivity (Wildman–Crippen MR) is 321 cm³/mol. The minimum atomic E-state index is -2.01. The summed E-state index contributed by atoms with van der Waals surface area (Å²) in [5.74, 6) is -5.12. The number of ketones is 1. The standard InChI is InChI=1S/C66H110FN3O16/c1-19-49-64(14,78)54(74)41(8)70(16)57(76)37(4)33-62(12,80-17)55(86-59-52(73)47(69(15)20-2)31-38(5)82-59)39(6)53(40(7)58(77)84-49)85-50-35-63(13,81-18)65(79,42(9)83-50)27-22-21-23-29-68-56(75)51-36(3)30-46-45-25-24-43-32-44(71)26-28-61(43,11)66(45,67)48(72)34-60(46,51)10/h26,28,32,36-42,45-55,59,72-74,78-79H,19-25,27,29-31,33-35H2,1-18H3,(H,68,75)/t36-,37-,38-,39-,40-,41-,42+,45?,46?,47+,48+,49-,50?,51-,52-,53+,54-,55-,59?,60+,61+,62-,63-,64-,65+,66+/m1/s1. The molecule has 6 fully saturated rings. The highest BCUT2D eigenvalue weighted by atomic mass is 19.1. The van der Waals surface area contributed by atoms with Crippen LogP contribution in [0.15, 0.2) is 23.8 Å². The maximum Gasteiger partial charge on any atom is 0.311 e. The molecular formula is C66H110FN3O16. The van der Waals surface area contributed by atoms with Crippen LogP contribution in [0.1, 0.15) is 174 Å². The summed E-state index contributed by atoms with van der Waals surface area (Å²) in [5.41, 5.74) is -9.13. The van der Waals surface area contributed by atoms with E-state index in [-0.39, 0.29) is 73.7 Å². The third-order valence-electron chi connectivity index (χ3n) is 23.4. The van der Waals surface area contributed by atoms with Crippen molar-refractivity contribution in [2.45, 2.75) is 276 Å². The van der Waals surface area contributed by atoms with Gasteiger partial charge in [0.2, 0.25) is 11.8 Å².